The van der Waals surface area contributed by atoms with Gasteiger partial charge in [0.05, 0.1) is 5.75 Å². The number of thioether (sulfide) groups is 1. The molecule has 6 heteroatoms. The Labute approximate surface area is 122 Å². The van der Waals surface area contributed by atoms with E-state index < -0.39 is 11.6 Å². The summed E-state index contributed by atoms with van der Waals surface area (Å²) in [6.07, 6.45) is 0. The van der Waals surface area contributed by atoms with Gasteiger partial charge in [-0.25, -0.2) is 0 Å². The summed E-state index contributed by atoms with van der Waals surface area (Å²) < 4.78 is 5.37. The normalized spacial score (nSPS) is 13.5. The number of carbonyl (C=O) groups is 2. The Morgan fingerprint density at radius 3 is 2.55 bits per heavy atom. The fourth-order valence-electron chi connectivity index (χ4n) is 1.66. The number of nitrogens with one attached hydrogen (secondary N) is 1. The van der Waals surface area contributed by atoms with Crippen LogP contribution in [0.25, 0.3) is 0 Å². The molecule has 0 aliphatic heterocycles. The van der Waals surface area contributed by atoms with Crippen molar-refractivity contribution in [1.82, 2.24) is 5.32 Å². The molecule has 1 aromatic carbocycles. The molecule has 1 amide bonds. The van der Waals surface area contributed by atoms with Crippen LogP contribution in [-0.4, -0.2) is 42.1 Å². The minimum absolute atomic E-state index is 0.0378. The third-order valence-electron chi connectivity index (χ3n) is 2.92. The molecule has 20 heavy (non-hydrogen) atoms. The van der Waals surface area contributed by atoms with Gasteiger partial charge in [-0.3, -0.25) is 9.59 Å². The van der Waals surface area contributed by atoms with Gasteiger partial charge >= 0.3 is 5.97 Å². The van der Waals surface area contributed by atoms with Crippen LogP contribution in [0.1, 0.15) is 12.5 Å². The molecule has 0 aliphatic rings. The van der Waals surface area contributed by atoms with Gasteiger partial charge in [0, 0.05) is 19.4 Å². The van der Waals surface area contributed by atoms with E-state index in [4.69, 9.17) is 9.84 Å². The Kier molecular flexibility index (Phi) is 6.54. The van der Waals surface area contributed by atoms with E-state index in [2.05, 4.69) is 5.32 Å². The Hall–Kier alpha value is -1.53. The van der Waals surface area contributed by atoms with Crippen LogP contribution in [0, 0.1) is 0 Å². The molecular formula is C14H19NO4S. The minimum atomic E-state index is -1.04. The summed E-state index contributed by atoms with van der Waals surface area (Å²) in [6.45, 7) is 2.12. The number of carboxylic acids is 1. The minimum Gasteiger partial charge on any atom is -0.481 e. The maximum Gasteiger partial charge on any atom is 0.313 e. The maximum atomic E-state index is 12.2. The molecule has 0 fully saturated rings. The third kappa shape index (κ3) is 4.54. The second-order valence-corrected chi connectivity index (χ2v) is 5.41. The Morgan fingerprint density at radius 2 is 2.00 bits per heavy atom. The smallest absolute Gasteiger partial charge is 0.313 e. The highest BCUT2D eigenvalue weighted by molar-refractivity contribution is 7.99. The monoisotopic (exact) mass is 297 g/mol. The standard InChI is InChI=1S/C14H19NO4S/c1-14(19-2,11-6-4-3-5-7-11)13(18)15-8-9-20-10-12(16)17/h3-7H,8-10H2,1-2H3,(H,15,18)(H,16,17). The molecule has 0 heterocycles. The molecule has 0 saturated carbocycles. The first-order chi connectivity index (χ1) is 9.50. The van der Waals surface area contributed by atoms with E-state index in [0.29, 0.717) is 12.3 Å². The van der Waals surface area contributed by atoms with E-state index in [-0.39, 0.29) is 11.7 Å². The Morgan fingerprint density at radius 1 is 1.35 bits per heavy atom. The number of amides is 1. The molecule has 1 atom stereocenters. The van der Waals surface area contributed by atoms with Gasteiger partial charge in [-0.1, -0.05) is 30.3 Å². The summed E-state index contributed by atoms with van der Waals surface area (Å²) in [5.41, 5.74) is -0.267. The highest BCUT2D eigenvalue weighted by Gasteiger charge is 2.34. The quantitative estimate of drug-likeness (QED) is 0.711. The number of rotatable bonds is 8. The van der Waals surface area contributed by atoms with Gasteiger partial charge in [0.2, 0.25) is 0 Å². The summed E-state index contributed by atoms with van der Waals surface area (Å²) in [5, 5.41) is 11.3. The molecule has 1 aromatic rings. The van der Waals surface area contributed by atoms with Gasteiger partial charge in [0.1, 0.15) is 0 Å². The first-order valence-electron chi connectivity index (χ1n) is 6.19. The van der Waals surface area contributed by atoms with Crippen LogP contribution < -0.4 is 5.32 Å². The van der Waals surface area contributed by atoms with E-state index in [0.717, 1.165) is 5.56 Å². The Balaban J connectivity index is 2.53. The topological polar surface area (TPSA) is 75.6 Å². The number of benzene rings is 1. The van der Waals surface area contributed by atoms with Gasteiger partial charge in [-0.15, -0.1) is 11.8 Å². The van der Waals surface area contributed by atoms with Crippen molar-refractivity contribution in [3.63, 3.8) is 0 Å². The molecule has 0 saturated heterocycles. The number of carboxylic acid groups (broad SMARTS) is 1. The second-order valence-electron chi connectivity index (χ2n) is 4.31. The van der Waals surface area contributed by atoms with Crippen molar-refractivity contribution in [3.05, 3.63) is 35.9 Å². The number of hydrogen-bond donors (Lipinski definition) is 2. The van der Waals surface area contributed by atoms with Gasteiger partial charge in [-0.05, 0) is 12.5 Å². The number of aliphatic carboxylic acids is 1. The Bertz CT molecular complexity index is 452. The molecule has 0 aromatic heterocycles. The zero-order valence-electron chi connectivity index (χ0n) is 11.6. The maximum absolute atomic E-state index is 12.2. The lowest BCUT2D eigenvalue weighted by Crippen LogP contribution is -2.44. The van der Waals surface area contributed by atoms with Crippen molar-refractivity contribution in [2.24, 2.45) is 0 Å². The zero-order valence-corrected chi connectivity index (χ0v) is 12.4. The number of carbonyl (C=O) groups excluding carboxylic acids is 1. The van der Waals surface area contributed by atoms with Crippen LogP contribution in [0.5, 0.6) is 0 Å². The van der Waals surface area contributed by atoms with Crippen molar-refractivity contribution in [3.8, 4) is 0 Å². The predicted molar refractivity (Wildman–Crippen MR) is 78.8 cm³/mol. The summed E-state index contributed by atoms with van der Waals surface area (Å²) in [4.78, 5) is 22.6. The highest BCUT2D eigenvalue weighted by atomic mass is 32.2. The van der Waals surface area contributed by atoms with Crippen LogP contribution >= 0.6 is 11.8 Å². The fraction of sp³-hybridized carbons (Fsp3) is 0.429. The number of methoxy groups -OCH3 is 1. The van der Waals surface area contributed by atoms with Crippen LogP contribution in [0.4, 0.5) is 0 Å². The molecule has 0 aliphatic carbocycles. The molecule has 110 valence electrons. The van der Waals surface area contributed by atoms with E-state index >= 15 is 0 Å². The van der Waals surface area contributed by atoms with E-state index in [1.54, 1.807) is 6.92 Å². The third-order valence-corrected chi connectivity index (χ3v) is 3.87. The predicted octanol–water partition coefficient (Wildman–Crippen LogP) is 1.48. The number of ether oxygens (including phenoxy) is 1. The molecule has 2 N–H and O–H groups in total. The molecule has 0 radical (unpaired) electrons. The van der Waals surface area contributed by atoms with E-state index in [1.807, 2.05) is 30.3 Å². The van der Waals surface area contributed by atoms with E-state index in [1.165, 1.54) is 18.9 Å². The lowest BCUT2D eigenvalue weighted by atomic mass is 9.95. The van der Waals surface area contributed by atoms with Crippen LogP contribution in [0.15, 0.2) is 30.3 Å². The fourth-order valence-corrected chi connectivity index (χ4v) is 2.23. The van der Waals surface area contributed by atoms with Gasteiger partial charge in [0.25, 0.3) is 5.91 Å². The molecule has 0 bridgehead atoms. The van der Waals surface area contributed by atoms with Crippen LogP contribution in [-0.2, 0) is 19.9 Å². The summed E-state index contributed by atoms with van der Waals surface area (Å²) in [6, 6.07) is 9.25. The molecular weight excluding hydrogens is 278 g/mol. The summed E-state index contributed by atoms with van der Waals surface area (Å²) in [7, 11) is 1.49. The van der Waals surface area contributed by atoms with Crippen molar-refractivity contribution in [2.45, 2.75) is 12.5 Å². The zero-order chi connectivity index (χ0) is 15.0. The SMILES string of the molecule is COC(C)(C(=O)NCCSCC(=O)O)c1ccccc1. The first-order valence-corrected chi connectivity index (χ1v) is 7.34. The van der Waals surface area contributed by atoms with Gasteiger partial charge < -0.3 is 15.2 Å². The second kappa shape index (κ2) is 7.91. The molecule has 0 spiro atoms. The molecule has 5 nitrogen and oxygen atoms in total. The summed E-state index contributed by atoms with van der Waals surface area (Å²) >= 11 is 1.26. The van der Waals surface area contributed by atoms with Crippen molar-refractivity contribution in [1.29, 1.82) is 0 Å². The van der Waals surface area contributed by atoms with Crippen molar-refractivity contribution < 1.29 is 19.4 Å². The molecule has 1 unspecified atom stereocenters. The first kappa shape index (κ1) is 16.5. The van der Waals surface area contributed by atoms with Crippen molar-refractivity contribution >= 4 is 23.6 Å². The van der Waals surface area contributed by atoms with Gasteiger partial charge in [0.15, 0.2) is 5.60 Å². The average molecular weight is 297 g/mol. The van der Waals surface area contributed by atoms with Crippen LogP contribution in [0.2, 0.25) is 0 Å². The largest absolute Gasteiger partial charge is 0.481 e. The number of hydrogen-bond acceptors (Lipinski definition) is 4. The van der Waals surface area contributed by atoms with Crippen molar-refractivity contribution in [2.75, 3.05) is 25.2 Å². The lowest BCUT2D eigenvalue weighted by Gasteiger charge is -2.27. The highest BCUT2D eigenvalue weighted by Crippen LogP contribution is 2.24. The average Bonchev–Trinajstić information content (AvgIpc) is 2.46. The van der Waals surface area contributed by atoms with Gasteiger partial charge in [-0.2, -0.15) is 0 Å². The molecule has 1 rings (SSSR count). The summed E-state index contributed by atoms with van der Waals surface area (Å²) in [5.74, 6) is -0.502. The van der Waals surface area contributed by atoms with Crippen LogP contribution in [0.3, 0.4) is 0 Å². The lowest BCUT2D eigenvalue weighted by molar-refractivity contribution is -0.142. The van der Waals surface area contributed by atoms with E-state index in [9.17, 15) is 9.59 Å².